The molecule has 0 spiro atoms. The van der Waals surface area contributed by atoms with E-state index >= 15 is 4.39 Å². The Morgan fingerprint density at radius 3 is 2.09 bits per heavy atom. The molecule has 0 bridgehead atoms. The number of rotatable bonds is 22. The largest absolute Gasteiger partial charge is 0.480 e. The number of carbonyl (C=O) groups excluding carboxylic acids is 5. The van der Waals surface area contributed by atoms with E-state index in [9.17, 15) is 38.3 Å². The summed E-state index contributed by atoms with van der Waals surface area (Å²) in [5.74, 6) is -5.09. The number of alkyl carbamates (subject to hydrolysis) is 1. The number of amides is 5. The predicted octanol–water partition coefficient (Wildman–Crippen LogP) is 6.68. The number of ether oxygens (including phenoxy) is 1. The fourth-order valence-electron chi connectivity index (χ4n) is 7.19. The Labute approximate surface area is 383 Å². The van der Waals surface area contributed by atoms with E-state index in [2.05, 4.69) is 21.3 Å². The molecular formula is C48H60F2N6O8S. The summed E-state index contributed by atoms with van der Waals surface area (Å²) in [4.78, 5) is 78.9. The summed E-state index contributed by atoms with van der Waals surface area (Å²) in [5.41, 5.74) is 2.07. The van der Waals surface area contributed by atoms with Crippen molar-refractivity contribution >= 4 is 47.5 Å². The molecule has 0 aliphatic heterocycles. The van der Waals surface area contributed by atoms with Gasteiger partial charge < -0.3 is 40.6 Å². The molecule has 5 N–H and O–H groups in total. The van der Waals surface area contributed by atoms with Crippen molar-refractivity contribution in [3.8, 4) is 11.1 Å². The molecule has 4 unspecified atom stereocenters. The van der Waals surface area contributed by atoms with Gasteiger partial charge in [-0.25, -0.2) is 18.4 Å². The van der Waals surface area contributed by atoms with Gasteiger partial charge in [0, 0.05) is 55.3 Å². The van der Waals surface area contributed by atoms with E-state index in [0.717, 1.165) is 41.1 Å². The van der Waals surface area contributed by atoms with Gasteiger partial charge in [-0.05, 0) is 60.1 Å². The van der Waals surface area contributed by atoms with Gasteiger partial charge in [-0.1, -0.05) is 95.3 Å². The summed E-state index contributed by atoms with van der Waals surface area (Å²) in [6.07, 6.45) is 1.18. The summed E-state index contributed by atoms with van der Waals surface area (Å²) in [5, 5.41) is 20.1. The Hall–Kier alpha value is -6.23. The van der Waals surface area contributed by atoms with Crippen molar-refractivity contribution in [2.24, 2.45) is 11.3 Å². The van der Waals surface area contributed by atoms with E-state index in [1.165, 1.54) is 13.8 Å². The summed E-state index contributed by atoms with van der Waals surface area (Å²) in [6, 6.07) is 19.6. The van der Waals surface area contributed by atoms with Crippen molar-refractivity contribution in [2.75, 3.05) is 24.6 Å². The lowest BCUT2D eigenvalue weighted by atomic mass is 9.83. The lowest BCUT2D eigenvalue weighted by molar-refractivity contribution is -0.140. The van der Waals surface area contributed by atoms with Crippen molar-refractivity contribution in [3.63, 3.8) is 0 Å². The molecule has 4 atom stereocenters. The number of hydrogen-bond donors (Lipinski definition) is 5. The number of carboxylic acids is 1. The highest BCUT2D eigenvalue weighted by Crippen LogP contribution is 2.41. The van der Waals surface area contributed by atoms with Crippen molar-refractivity contribution in [3.05, 3.63) is 120 Å². The Bertz CT molecular complexity index is 2250. The molecule has 65 heavy (non-hydrogen) atoms. The van der Waals surface area contributed by atoms with Gasteiger partial charge >= 0.3 is 12.1 Å². The zero-order chi connectivity index (χ0) is 47.8. The normalized spacial score (nSPS) is 13.2. The van der Waals surface area contributed by atoms with Crippen LogP contribution in [-0.2, 0) is 41.9 Å². The minimum Gasteiger partial charge on any atom is -0.480 e. The lowest BCUT2D eigenvalue weighted by Gasteiger charge is -2.41. The van der Waals surface area contributed by atoms with Crippen molar-refractivity contribution in [1.82, 2.24) is 30.7 Å². The molecule has 5 amide bonds. The fourth-order valence-corrected chi connectivity index (χ4v) is 8.11. The molecule has 17 heteroatoms. The molecule has 4 rings (SSSR count). The number of nitrogens with zero attached hydrogens (tertiary/aromatic N) is 2. The molecule has 0 aliphatic rings. The minimum atomic E-state index is -1.25. The second kappa shape index (κ2) is 24.2. The quantitative estimate of drug-likeness (QED) is 0.0536. The summed E-state index contributed by atoms with van der Waals surface area (Å²) >= 11 is 1.04. The molecule has 4 aromatic rings. The number of aliphatic carboxylic acids is 1. The maximum Gasteiger partial charge on any atom is 0.408 e. The molecule has 3 aromatic carbocycles. The smallest absolute Gasteiger partial charge is 0.408 e. The Balaban J connectivity index is 1.56. The van der Waals surface area contributed by atoms with E-state index in [-0.39, 0.29) is 55.0 Å². The first kappa shape index (κ1) is 51.4. The third kappa shape index (κ3) is 15.8. The lowest BCUT2D eigenvalue weighted by Crippen LogP contribution is -2.54. The van der Waals surface area contributed by atoms with Crippen LogP contribution < -0.4 is 21.3 Å². The van der Waals surface area contributed by atoms with Gasteiger partial charge in [-0.3, -0.25) is 19.2 Å². The second-order valence-electron chi connectivity index (χ2n) is 17.2. The van der Waals surface area contributed by atoms with Crippen LogP contribution in [0.4, 0.5) is 13.6 Å². The number of carbonyl (C=O) groups is 6. The molecule has 0 saturated carbocycles. The predicted molar refractivity (Wildman–Crippen MR) is 245 cm³/mol. The van der Waals surface area contributed by atoms with Crippen LogP contribution in [0.15, 0.2) is 91.1 Å². The maximum absolute atomic E-state index is 15.3. The molecular weight excluding hydrogens is 859 g/mol. The highest BCUT2D eigenvalue weighted by Gasteiger charge is 2.37. The average molecular weight is 919 g/mol. The number of carboxylic acid groups (broad SMARTS) is 1. The highest BCUT2D eigenvalue weighted by molar-refractivity contribution is 8.00. The molecule has 1 aromatic heterocycles. The number of thioether (sulfide) groups is 1. The number of nitrogens with one attached hydrogen (secondary N) is 4. The van der Waals surface area contributed by atoms with Gasteiger partial charge in [-0.15, -0.1) is 11.8 Å². The summed E-state index contributed by atoms with van der Waals surface area (Å²) < 4.78 is 37.0. The van der Waals surface area contributed by atoms with E-state index in [1.54, 1.807) is 43.1 Å². The Morgan fingerprint density at radius 1 is 0.846 bits per heavy atom. The third-order valence-electron chi connectivity index (χ3n) is 10.3. The first-order valence-corrected chi connectivity index (χ1v) is 22.5. The van der Waals surface area contributed by atoms with Gasteiger partial charge in [0.15, 0.2) is 0 Å². The van der Waals surface area contributed by atoms with Crippen LogP contribution in [0.2, 0.25) is 0 Å². The van der Waals surface area contributed by atoms with Crippen LogP contribution in [0.3, 0.4) is 0 Å². The first-order valence-electron chi connectivity index (χ1n) is 21.4. The molecule has 0 radical (unpaired) electrons. The molecule has 14 nitrogen and oxygen atoms in total. The average Bonchev–Trinajstić information content (AvgIpc) is 3.65. The number of aromatic nitrogens is 1. The van der Waals surface area contributed by atoms with Gasteiger partial charge in [0.2, 0.25) is 23.6 Å². The van der Waals surface area contributed by atoms with Crippen LogP contribution in [0, 0.1) is 23.0 Å². The maximum atomic E-state index is 15.3. The second-order valence-corrected chi connectivity index (χ2v) is 18.2. The van der Waals surface area contributed by atoms with Crippen LogP contribution >= 0.6 is 11.8 Å². The monoisotopic (exact) mass is 918 g/mol. The SMILES string of the molecule is CC(=O)NC(CSCC(=O)N(CCCNC(=O)C(C)NC(=O)C(NC(=O)OCc1ccccc1)C(C)C)C(c1cc(-c2cc(F)ccc2F)cn1Cc1ccccc1)C(C)(C)C)C(=O)O. The number of benzene rings is 3. The van der Waals surface area contributed by atoms with E-state index in [1.807, 2.05) is 73.9 Å². The number of halogens is 2. The molecule has 350 valence electrons. The summed E-state index contributed by atoms with van der Waals surface area (Å²) in [6.45, 7) is 12.6. The Kier molecular flexibility index (Phi) is 19.1. The number of hydrogen-bond acceptors (Lipinski definition) is 8. The van der Waals surface area contributed by atoms with Gasteiger partial charge in [0.25, 0.3) is 0 Å². The van der Waals surface area contributed by atoms with Gasteiger partial charge in [0.1, 0.15) is 36.4 Å². The summed E-state index contributed by atoms with van der Waals surface area (Å²) in [7, 11) is 0. The zero-order valence-corrected chi connectivity index (χ0v) is 38.7. The van der Waals surface area contributed by atoms with Gasteiger partial charge in [0.05, 0.1) is 11.8 Å². The van der Waals surface area contributed by atoms with E-state index in [4.69, 9.17) is 4.74 Å². The fraction of sp³-hybridized carbons (Fsp3) is 0.417. The van der Waals surface area contributed by atoms with Crippen LogP contribution in [0.25, 0.3) is 11.1 Å². The zero-order valence-electron chi connectivity index (χ0n) is 37.9. The van der Waals surface area contributed by atoms with Crippen molar-refractivity contribution in [2.45, 2.75) is 92.2 Å². The van der Waals surface area contributed by atoms with E-state index < -0.39 is 71.0 Å². The van der Waals surface area contributed by atoms with Crippen LogP contribution in [-0.4, -0.2) is 93.0 Å². The van der Waals surface area contributed by atoms with Gasteiger partial charge in [-0.2, -0.15) is 0 Å². The van der Waals surface area contributed by atoms with Crippen LogP contribution in [0.1, 0.15) is 77.7 Å². The molecule has 0 fully saturated rings. The Morgan fingerprint density at radius 2 is 1.49 bits per heavy atom. The van der Waals surface area contributed by atoms with Crippen LogP contribution in [0.5, 0.6) is 0 Å². The third-order valence-corrected chi connectivity index (χ3v) is 11.4. The molecule has 0 aliphatic carbocycles. The molecule has 1 heterocycles. The minimum absolute atomic E-state index is 0.0104. The topological polar surface area (TPSA) is 188 Å². The van der Waals surface area contributed by atoms with E-state index in [0.29, 0.717) is 17.8 Å². The highest BCUT2D eigenvalue weighted by atomic mass is 32.2. The molecule has 0 saturated heterocycles. The first-order chi connectivity index (χ1) is 30.7. The van der Waals surface area contributed by atoms with Crippen molar-refractivity contribution < 1.29 is 47.4 Å². The standard InChI is InChI=1S/C48H60F2N6O8S/c1-30(2)42(54-47(63)64-27-34-17-12-9-13-18-34)45(60)52-31(3)44(59)51-21-14-22-56(41(58)29-65-28-39(46(61)62)53-32(4)57)43(48(5,6)7)40-23-35(37-24-36(49)19-20-38(37)50)26-55(40)25-33-15-10-8-11-16-33/h8-13,15-20,23-24,26,30-31,39,42-43H,14,21-22,25,27-29H2,1-7H3,(H,51,59)(H,52,60)(H,53,57)(H,54,63)(H,61,62). The van der Waals surface area contributed by atoms with Crippen molar-refractivity contribution in [1.29, 1.82) is 0 Å².